The minimum Gasteiger partial charge on any atom is -0.258 e. The van der Waals surface area contributed by atoms with Gasteiger partial charge in [-0.15, -0.1) is 10.2 Å². The fourth-order valence-corrected chi connectivity index (χ4v) is 3.47. The Labute approximate surface area is 127 Å². The number of halogens is 1. The van der Waals surface area contributed by atoms with Crippen molar-refractivity contribution in [3.8, 4) is 0 Å². The van der Waals surface area contributed by atoms with Gasteiger partial charge in [0.15, 0.2) is 10.7 Å². The second-order valence-corrected chi connectivity index (χ2v) is 6.58. The first-order chi connectivity index (χ1) is 9.81. The van der Waals surface area contributed by atoms with E-state index in [0.29, 0.717) is 4.47 Å². The van der Waals surface area contributed by atoms with Gasteiger partial charge in [0.25, 0.3) is 5.69 Å². The lowest BCUT2D eigenvalue weighted by atomic mass is 10.3. The quantitative estimate of drug-likeness (QED) is 0.582. The van der Waals surface area contributed by atoms with E-state index in [9.17, 15) is 18.5 Å². The van der Waals surface area contributed by atoms with Gasteiger partial charge in [0.1, 0.15) is 0 Å². The van der Waals surface area contributed by atoms with Gasteiger partial charge in [0.05, 0.1) is 11.0 Å². The molecule has 0 amide bonds. The number of aromatic amines is 1. The van der Waals surface area contributed by atoms with Crippen LogP contribution in [0.2, 0.25) is 0 Å². The van der Waals surface area contributed by atoms with E-state index in [1.165, 1.54) is 13.0 Å². The average molecular weight is 377 g/mol. The lowest BCUT2D eigenvalue weighted by Crippen LogP contribution is -2.28. The summed E-state index contributed by atoms with van der Waals surface area (Å²) in [4.78, 5) is 9.74. The molecule has 0 aliphatic rings. The van der Waals surface area contributed by atoms with E-state index < -0.39 is 31.6 Å². The minimum absolute atomic E-state index is 0.122. The SMILES string of the molecule is CC(NS(=O)(=O)c1cc(Br)ccc1[N+](=O)[O-])c1nn[nH]n1. The fourth-order valence-electron chi connectivity index (χ4n) is 1.56. The number of nitrogens with one attached hydrogen (secondary N) is 2. The Morgan fingerprint density at radius 2 is 2.19 bits per heavy atom. The number of hydrogen-bond donors (Lipinski definition) is 2. The van der Waals surface area contributed by atoms with E-state index in [0.717, 1.165) is 12.1 Å². The highest BCUT2D eigenvalue weighted by atomic mass is 79.9. The van der Waals surface area contributed by atoms with Gasteiger partial charge < -0.3 is 0 Å². The first kappa shape index (κ1) is 15.5. The molecule has 2 aromatic rings. The summed E-state index contributed by atoms with van der Waals surface area (Å²) < 4.78 is 27.2. The van der Waals surface area contributed by atoms with Crippen LogP contribution in [0.3, 0.4) is 0 Å². The molecule has 0 aliphatic carbocycles. The number of H-pyrrole nitrogens is 1. The maximum atomic E-state index is 12.3. The zero-order valence-corrected chi connectivity index (χ0v) is 12.9. The molecule has 0 aliphatic heterocycles. The van der Waals surface area contributed by atoms with Crippen LogP contribution in [0.15, 0.2) is 27.6 Å². The molecule has 0 fully saturated rings. The molecule has 21 heavy (non-hydrogen) atoms. The number of rotatable bonds is 5. The predicted octanol–water partition coefficient (Wildman–Crippen LogP) is 0.910. The summed E-state index contributed by atoms with van der Waals surface area (Å²) >= 11 is 3.09. The van der Waals surface area contributed by atoms with Crippen LogP contribution in [0.1, 0.15) is 18.8 Å². The van der Waals surface area contributed by atoms with Crippen molar-refractivity contribution < 1.29 is 13.3 Å². The molecule has 1 heterocycles. The van der Waals surface area contributed by atoms with Gasteiger partial charge in [-0.25, -0.2) is 13.1 Å². The molecule has 1 unspecified atom stereocenters. The Morgan fingerprint density at radius 3 is 2.76 bits per heavy atom. The van der Waals surface area contributed by atoms with Crippen molar-refractivity contribution in [1.82, 2.24) is 25.3 Å². The van der Waals surface area contributed by atoms with Crippen LogP contribution in [0.5, 0.6) is 0 Å². The number of hydrogen-bond acceptors (Lipinski definition) is 7. The van der Waals surface area contributed by atoms with Crippen molar-refractivity contribution in [2.75, 3.05) is 0 Å². The van der Waals surface area contributed by atoms with E-state index in [2.05, 4.69) is 41.3 Å². The lowest BCUT2D eigenvalue weighted by Gasteiger charge is -2.11. The molecule has 0 saturated heterocycles. The monoisotopic (exact) mass is 376 g/mol. The Kier molecular flexibility index (Phi) is 4.29. The Hall–Kier alpha value is -1.92. The fraction of sp³-hybridized carbons (Fsp3) is 0.222. The lowest BCUT2D eigenvalue weighted by molar-refractivity contribution is -0.387. The minimum atomic E-state index is -4.13. The number of tetrazole rings is 1. The van der Waals surface area contributed by atoms with Crippen molar-refractivity contribution in [2.24, 2.45) is 0 Å². The predicted molar refractivity (Wildman–Crippen MR) is 73.7 cm³/mol. The van der Waals surface area contributed by atoms with Crippen LogP contribution in [0.25, 0.3) is 0 Å². The highest BCUT2D eigenvalue weighted by molar-refractivity contribution is 9.10. The molecule has 2 rings (SSSR count). The van der Waals surface area contributed by atoms with E-state index >= 15 is 0 Å². The largest absolute Gasteiger partial charge is 0.289 e. The molecule has 1 aromatic carbocycles. The second-order valence-electron chi connectivity index (χ2n) is 3.98. The molecule has 1 atom stereocenters. The molecule has 0 spiro atoms. The summed E-state index contributed by atoms with van der Waals surface area (Å²) in [7, 11) is -4.13. The van der Waals surface area contributed by atoms with E-state index in [1.807, 2.05) is 0 Å². The van der Waals surface area contributed by atoms with Crippen LogP contribution in [0, 0.1) is 10.1 Å². The number of sulfonamides is 1. The first-order valence-corrected chi connectivity index (χ1v) is 7.78. The molecule has 0 radical (unpaired) electrons. The van der Waals surface area contributed by atoms with E-state index in [1.54, 1.807) is 0 Å². The summed E-state index contributed by atoms with van der Waals surface area (Å²) in [5.41, 5.74) is -0.522. The van der Waals surface area contributed by atoms with Crippen molar-refractivity contribution in [2.45, 2.75) is 17.9 Å². The summed E-state index contributed by atoms with van der Waals surface area (Å²) in [5, 5.41) is 23.8. The molecule has 0 saturated carbocycles. The molecule has 1 aromatic heterocycles. The van der Waals surface area contributed by atoms with Crippen molar-refractivity contribution in [1.29, 1.82) is 0 Å². The molecule has 12 heteroatoms. The number of benzene rings is 1. The van der Waals surface area contributed by atoms with E-state index in [4.69, 9.17) is 0 Å². The van der Waals surface area contributed by atoms with Gasteiger partial charge in [-0.05, 0) is 19.1 Å². The first-order valence-electron chi connectivity index (χ1n) is 5.51. The van der Waals surface area contributed by atoms with Crippen LogP contribution in [-0.2, 0) is 10.0 Å². The van der Waals surface area contributed by atoms with Gasteiger partial charge >= 0.3 is 0 Å². The van der Waals surface area contributed by atoms with Crippen molar-refractivity contribution >= 4 is 31.6 Å². The molecular formula is C9H9BrN6O4S. The molecule has 10 nitrogen and oxygen atoms in total. The number of nitro groups is 1. The summed E-state index contributed by atoms with van der Waals surface area (Å²) in [5.74, 6) is 0.122. The van der Waals surface area contributed by atoms with E-state index in [-0.39, 0.29) is 5.82 Å². The van der Waals surface area contributed by atoms with Gasteiger partial charge in [-0.1, -0.05) is 21.1 Å². The van der Waals surface area contributed by atoms with Gasteiger partial charge in [0, 0.05) is 10.5 Å². The number of nitro benzene ring substituents is 1. The maximum Gasteiger partial charge on any atom is 0.289 e. The zero-order chi connectivity index (χ0) is 15.6. The van der Waals surface area contributed by atoms with Gasteiger partial charge in [-0.3, -0.25) is 10.1 Å². The Bertz CT molecular complexity index is 763. The zero-order valence-electron chi connectivity index (χ0n) is 10.5. The number of nitrogens with zero attached hydrogens (tertiary/aromatic N) is 4. The summed E-state index contributed by atoms with van der Waals surface area (Å²) in [6, 6.07) is 2.85. The second kappa shape index (κ2) is 5.83. The highest BCUT2D eigenvalue weighted by Crippen LogP contribution is 2.28. The topological polar surface area (TPSA) is 144 Å². The normalized spacial score (nSPS) is 13.0. The average Bonchev–Trinajstić information content (AvgIpc) is 2.91. The van der Waals surface area contributed by atoms with Crippen LogP contribution in [0.4, 0.5) is 5.69 Å². The molecule has 0 bridgehead atoms. The Morgan fingerprint density at radius 1 is 1.48 bits per heavy atom. The van der Waals surface area contributed by atoms with Crippen LogP contribution >= 0.6 is 15.9 Å². The molecule has 2 N–H and O–H groups in total. The van der Waals surface area contributed by atoms with Crippen molar-refractivity contribution in [3.05, 3.63) is 38.6 Å². The summed E-state index contributed by atoms with van der Waals surface area (Å²) in [6.45, 7) is 1.49. The van der Waals surface area contributed by atoms with Gasteiger partial charge in [-0.2, -0.15) is 5.21 Å². The van der Waals surface area contributed by atoms with Crippen LogP contribution < -0.4 is 4.72 Å². The third-order valence-corrected chi connectivity index (χ3v) is 4.55. The van der Waals surface area contributed by atoms with Crippen LogP contribution in [-0.4, -0.2) is 34.0 Å². The maximum absolute atomic E-state index is 12.3. The summed E-state index contributed by atoms with van der Waals surface area (Å²) in [6.07, 6.45) is 0. The third kappa shape index (κ3) is 3.40. The third-order valence-electron chi connectivity index (χ3n) is 2.49. The smallest absolute Gasteiger partial charge is 0.258 e. The highest BCUT2D eigenvalue weighted by Gasteiger charge is 2.28. The number of aromatic nitrogens is 4. The standard InChI is InChI=1S/C9H9BrN6O4S/c1-5(9-11-14-15-12-9)13-21(19,20)8-4-6(10)2-3-7(8)16(17)18/h2-5,13H,1H3,(H,11,12,14,15). The Balaban J connectivity index is 2.40. The molecule has 112 valence electrons. The van der Waals surface area contributed by atoms with Gasteiger partial charge in [0.2, 0.25) is 10.0 Å². The molecular weight excluding hydrogens is 368 g/mol. The van der Waals surface area contributed by atoms with Crippen molar-refractivity contribution in [3.63, 3.8) is 0 Å².